The van der Waals surface area contributed by atoms with E-state index in [1.165, 1.54) is 0 Å². The molecule has 0 unspecified atom stereocenters. The third-order valence-corrected chi connectivity index (χ3v) is 2.96. The number of nitrogens with zero attached hydrogens (tertiary/aromatic N) is 2. The van der Waals surface area contributed by atoms with Crippen molar-refractivity contribution in [1.29, 1.82) is 5.26 Å². The summed E-state index contributed by atoms with van der Waals surface area (Å²) in [7, 11) is 0. The van der Waals surface area contributed by atoms with Crippen LogP contribution < -0.4 is 10.6 Å². The molecule has 16 heavy (non-hydrogen) atoms. The SMILES string of the molecule is CCCNC(=O)CNc1nc(Cl)c(C#N)s1. The van der Waals surface area contributed by atoms with E-state index in [1.54, 1.807) is 0 Å². The van der Waals surface area contributed by atoms with Crippen LogP contribution in [0.4, 0.5) is 5.13 Å². The second-order valence-corrected chi connectivity index (χ2v) is 4.31. The molecule has 0 fully saturated rings. The van der Waals surface area contributed by atoms with Crippen molar-refractivity contribution in [2.75, 3.05) is 18.4 Å². The zero-order valence-electron chi connectivity index (χ0n) is 8.71. The molecule has 0 bridgehead atoms. The maximum Gasteiger partial charge on any atom is 0.239 e. The van der Waals surface area contributed by atoms with Gasteiger partial charge in [0.15, 0.2) is 10.3 Å². The van der Waals surface area contributed by atoms with Gasteiger partial charge >= 0.3 is 0 Å². The van der Waals surface area contributed by atoms with Crippen LogP contribution in [0.3, 0.4) is 0 Å². The fraction of sp³-hybridized carbons (Fsp3) is 0.444. The minimum Gasteiger partial charge on any atom is -0.355 e. The third-order valence-electron chi connectivity index (χ3n) is 1.66. The molecule has 0 saturated carbocycles. The van der Waals surface area contributed by atoms with Gasteiger partial charge in [0.05, 0.1) is 6.54 Å². The predicted molar refractivity (Wildman–Crippen MR) is 63.6 cm³/mol. The Morgan fingerprint density at radius 3 is 3.00 bits per heavy atom. The number of rotatable bonds is 5. The van der Waals surface area contributed by atoms with E-state index in [9.17, 15) is 4.79 Å². The van der Waals surface area contributed by atoms with Gasteiger partial charge < -0.3 is 10.6 Å². The van der Waals surface area contributed by atoms with Crippen LogP contribution in [0.25, 0.3) is 0 Å². The maximum atomic E-state index is 11.2. The quantitative estimate of drug-likeness (QED) is 0.841. The van der Waals surface area contributed by atoms with Gasteiger partial charge in [0.2, 0.25) is 5.91 Å². The Hall–Kier alpha value is -1.32. The summed E-state index contributed by atoms with van der Waals surface area (Å²) < 4.78 is 0. The highest BCUT2D eigenvalue weighted by Crippen LogP contribution is 2.25. The number of thiazole rings is 1. The first-order chi connectivity index (χ1) is 7.67. The van der Waals surface area contributed by atoms with E-state index in [-0.39, 0.29) is 17.6 Å². The summed E-state index contributed by atoms with van der Waals surface area (Å²) in [5.74, 6) is -0.105. The average Bonchev–Trinajstić information content (AvgIpc) is 2.64. The molecule has 1 aromatic heterocycles. The lowest BCUT2D eigenvalue weighted by Crippen LogP contribution is -2.30. The molecule has 1 amide bonds. The molecule has 0 aliphatic rings. The van der Waals surface area contributed by atoms with Gasteiger partial charge in [0.25, 0.3) is 0 Å². The largest absolute Gasteiger partial charge is 0.355 e. The van der Waals surface area contributed by atoms with E-state index >= 15 is 0 Å². The number of hydrogen-bond acceptors (Lipinski definition) is 5. The van der Waals surface area contributed by atoms with Crippen molar-refractivity contribution in [2.24, 2.45) is 0 Å². The van der Waals surface area contributed by atoms with Gasteiger partial charge in [-0.05, 0) is 6.42 Å². The summed E-state index contributed by atoms with van der Waals surface area (Å²) in [6.07, 6.45) is 0.896. The molecule has 0 aliphatic heterocycles. The van der Waals surface area contributed by atoms with Crippen molar-refractivity contribution in [2.45, 2.75) is 13.3 Å². The van der Waals surface area contributed by atoms with Crippen LogP contribution >= 0.6 is 22.9 Å². The van der Waals surface area contributed by atoms with Crippen LogP contribution in [0.2, 0.25) is 5.15 Å². The molecule has 0 saturated heterocycles. The second kappa shape index (κ2) is 6.30. The minimum atomic E-state index is -0.105. The Kier molecular flexibility index (Phi) is 5.02. The fourth-order valence-electron chi connectivity index (χ4n) is 0.929. The Bertz CT molecular complexity index is 412. The average molecular weight is 259 g/mol. The number of aromatic nitrogens is 1. The number of nitrogens with one attached hydrogen (secondary N) is 2. The van der Waals surface area contributed by atoms with Crippen LogP contribution in [0, 0.1) is 11.3 Å². The van der Waals surface area contributed by atoms with Crippen LogP contribution in [0.5, 0.6) is 0 Å². The van der Waals surface area contributed by atoms with Crippen molar-refractivity contribution >= 4 is 34.0 Å². The predicted octanol–water partition coefficient (Wildman–Crippen LogP) is 1.61. The minimum absolute atomic E-state index is 0.105. The number of nitriles is 1. The van der Waals surface area contributed by atoms with E-state index in [0.717, 1.165) is 17.8 Å². The monoisotopic (exact) mass is 258 g/mol. The van der Waals surface area contributed by atoms with E-state index in [2.05, 4.69) is 15.6 Å². The zero-order chi connectivity index (χ0) is 12.0. The van der Waals surface area contributed by atoms with Crippen LogP contribution in [-0.2, 0) is 4.79 Å². The van der Waals surface area contributed by atoms with Gasteiger partial charge in [-0.2, -0.15) is 5.26 Å². The molecule has 1 rings (SSSR count). The lowest BCUT2D eigenvalue weighted by Gasteiger charge is -2.03. The number of carbonyl (C=O) groups excluding carboxylic acids is 1. The lowest BCUT2D eigenvalue weighted by molar-refractivity contribution is -0.119. The lowest BCUT2D eigenvalue weighted by atomic mass is 10.4. The molecule has 0 radical (unpaired) electrons. The van der Waals surface area contributed by atoms with Gasteiger partial charge in [-0.15, -0.1) is 0 Å². The van der Waals surface area contributed by atoms with Crippen molar-refractivity contribution in [3.8, 4) is 6.07 Å². The van der Waals surface area contributed by atoms with E-state index in [4.69, 9.17) is 16.9 Å². The standard InChI is InChI=1S/C9H11ClN4OS/c1-2-3-12-7(15)5-13-9-14-8(10)6(4-11)16-9/h2-3,5H2,1H3,(H,12,15)(H,13,14). The van der Waals surface area contributed by atoms with Crippen LogP contribution in [0.1, 0.15) is 18.2 Å². The van der Waals surface area contributed by atoms with Gasteiger partial charge in [-0.1, -0.05) is 29.9 Å². The van der Waals surface area contributed by atoms with Gasteiger partial charge in [-0.3, -0.25) is 4.79 Å². The zero-order valence-corrected chi connectivity index (χ0v) is 10.3. The van der Waals surface area contributed by atoms with Crippen molar-refractivity contribution in [1.82, 2.24) is 10.3 Å². The molecule has 7 heteroatoms. The Balaban J connectivity index is 2.43. The van der Waals surface area contributed by atoms with E-state index in [1.807, 2.05) is 13.0 Å². The van der Waals surface area contributed by atoms with Gasteiger partial charge in [0, 0.05) is 6.54 Å². The summed E-state index contributed by atoms with van der Waals surface area (Å²) in [4.78, 5) is 15.5. The molecular weight excluding hydrogens is 248 g/mol. The summed E-state index contributed by atoms with van der Waals surface area (Å²) in [6.45, 7) is 2.77. The maximum absolute atomic E-state index is 11.2. The highest BCUT2D eigenvalue weighted by molar-refractivity contribution is 7.16. The van der Waals surface area contributed by atoms with Crippen molar-refractivity contribution in [3.63, 3.8) is 0 Å². The number of halogens is 1. The summed E-state index contributed by atoms with van der Waals surface area (Å²) in [6, 6.07) is 1.92. The first kappa shape index (κ1) is 12.7. The van der Waals surface area contributed by atoms with Crippen molar-refractivity contribution < 1.29 is 4.79 Å². The molecule has 2 N–H and O–H groups in total. The van der Waals surface area contributed by atoms with Crippen molar-refractivity contribution in [3.05, 3.63) is 10.0 Å². The topological polar surface area (TPSA) is 77.8 Å². The summed E-state index contributed by atoms with van der Waals surface area (Å²) >= 11 is 6.81. The molecule has 1 aromatic rings. The Morgan fingerprint density at radius 2 is 2.44 bits per heavy atom. The first-order valence-corrected chi connectivity index (χ1v) is 5.93. The Morgan fingerprint density at radius 1 is 1.69 bits per heavy atom. The summed E-state index contributed by atoms with van der Waals surface area (Å²) in [5, 5.41) is 14.8. The van der Waals surface area contributed by atoms with E-state index in [0.29, 0.717) is 16.6 Å². The number of anilines is 1. The number of carbonyl (C=O) groups is 1. The smallest absolute Gasteiger partial charge is 0.239 e. The molecule has 0 aromatic carbocycles. The molecule has 1 heterocycles. The molecule has 0 aliphatic carbocycles. The fourth-order valence-corrected chi connectivity index (χ4v) is 1.87. The van der Waals surface area contributed by atoms with Gasteiger partial charge in [-0.25, -0.2) is 4.98 Å². The van der Waals surface area contributed by atoms with Gasteiger partial charge in [0.1, 0.15) is 10.9 Å². The van der Waals surface area contributed by atoms with E-state index < -0.39 is 0 Å². The molecular formula is C9H11ClN4OS. The van der Waals surface area contributed by atoms with Crippen LogP contribution in [0.15, 0.2) is 0 Å². The Labute approximate surface area is 102 Å². The first-order valence-electron chi connectivity index (χ1n) is 4.74. The highest BCUT2D eigenvalue weighted by Gasteiger charge is 2.09. The third kappa shape index (κ3) is 3.68. The highest BCUT2D eigenvalue weighted by atomic mass is 35.5. The normalized spacial score (nSPS) is 9.56. The molecule has 86 valence electrons. The summed E-state index contributed by atoms with van der Waals surface area (Å²) in [5.41, 5.74) is 0. The van der Waals surface area contributed by atoms with Crippen LogP contribution in [-0.4, -0.2) is 24.0 Å². The number of amides is 1. The number of hydrogen-bond donors (Lipinski definition) is 2. The molecule has 0 spiro atoms. The molecule has 0 atom stereocenters. The second-order valence-electron chi connectivity index (χ2n) is 2.95. The molecule has 5 nitrogen and oxygen atoms in total.